The summed E-state index contributed by atoms with van der Waals surface area (Å²) in [5, 5.41) is 7.13. The van der Waals surface area contributed by atoms with Gasteiger partial charge in [-0.1, -0.05) is 0 Å². The molecule has 3 aromatic heterocycles. The van der Waals surface area contributed by atoms with Crippen LogP contribution in [0.1, 0.15) is 46.2 Å². The molecule has 0 aliphatic rings. The Balaban J connectivity index is 1.57. The number of hydrogen-bond donors (Lipinski definition) is 2. The van der Waals surface area contributed by atoms with Crippen LogP contribution >= 0.6 is 0 Å². The summed E-state index contributed by atoms with van der Waals surface area (Å²) >= 11 is 0. The fraction of sp³-hybridized carbons (Fsp3) is 0.381. The third-order valence-electron chi connectivity index (χ3n) is 4.96. The highest BCUT2D eigenvalue weighted by molar-refractivity contribution is 5.93. The highest BCUT2D eigenvalue weighted by Gasteiger charge is 2.16. The Labute approximate surface area is 169 Å². The first kappa shape index (κ1) is 20.6. The van der Waals surface area contributed by atoms with Crippen LogP contribution in [0.4, 0.5) is 0 Å². The molecule has 0 aliphatic heterocycles. The number of aromatic nitrogens is 3. The van der Waals surface area contributed by atoms with E-state index >= 15 is 0 Å². The first-order valence-corrected chi connectivity index (χ1v) is 9.60. The number of carbonyl (C=O) groups excluding carboxylic acids is 1. The Morgan fingerprint density at radius 2 is 2.14 bits per heavy atom. The number of nitrogens with one attached hydrogen (secondary N) is 2. The molecule has 8 heteroatoms. The fourth-order valence-electron chi connectivity index (χ4n) is 3.21. The van der Waals surface area contributed by atoms with Gasteiger partial charge in [-0.2, -0.15) is 5.10 Å². The van der Waals surface area contributed by atoms with Crippen molar-refractivity contribution in [3.05, 3.63) is 75.4 Å². The van der Waals surface area contributed by atoms with E-state index in [4.69, 9.17) is 4.42 Å². The van der Waals surface area contributed by atoms with Gasteiger partial charge >= 0.3 is 0 Å². The average molecular weight is 397 g/mol. The molecule has 0 radical (unpaired) electrons. The van der Waals surface area contributed by atoms with Gasteiger partial charge in [0.25, 0.3) is 11.5 Å². The molecule has 8 nitrogen and oxygen atoms in total. The molecule has 154 valence electrons. The van der Waals surface area contributed by atoms with E-state index in [2.05, 4.69) is 20.3 Å². The first-order valence-electron chi connectivity index (χ1n) is 9.60. The van der Waals surface area contributed by atoms with Crippen molar-refractivity contribution < 1.29 is 9.21 Å². The van der Waals surface area contributed by atoms with Crippen molar-refractivity contribution >= 4 is 5.91 Å². The molecule has 0 aromatic carbocycles. The molecule has 0 spiro atoms. The summed E-state index contributed by atoms with van der Waals surface area (Å²) in [5.41, 5.74) is 2.41. The van der Waals surface area contributed by atoms with Gasteiger partial charge in [0.2, 0.25) is 0 Å². The van der Waals surface area contributed by atoms with Crippen LogP contribution in [0.25, 0.3) is 0 Å². The predicted octanol–water partition coefficient (Wildman–Crippen LogP) is 2.40. The molecular weight excluding hydrogens is 370 g/mol. The van der Waals surface area contributed by atoms with Crippen LogP contribution in [0.3, 0.4) is 0 Å². The number of amides is 1. The number of H-pyrrole nitrogens is 1. The maximum absolute atomic E-state index is 12.4. The van der Waals surface area contributed by atoms with Gasteiger partial charge in [-0.3, -0.25) is 19.2 Å². The summed E-state index contributed by atoms with van der Waals surface area (Å²) < 4.78 is 7.27. The van der Waals surface area contributed by atoms with Gasteiger partial charge < -0.3 is 14.7 Å². The van der Waals surface area contributed by atoms with E-state index in [1.807, 2.05) is 50.7 Å². The van der Waals surface area contributed by atoms with Crippen molar-refractivity contribution in [3.63, 3.8) is 0 Å². The van der Waals surface area contributed by atoms with E-state index in [-0.39, 0.29) is 11.6 Å². The van der Waals surface area contributed by atoms with Crippen LogP contribution < -0.4 is 10.9 Å². The van der Waals surface area contributed by atoms with Crippen molar-refractivity contribution in [1.29, 1.82) is 0 Å². The van der Waals surface area contributed by atoms with Gasteiger partial charge in [-0.15, -0.1) is 0 Å². The zero-order valence-corrected chi connectivity index (χ0v) is 17.2. The molecular formula is C21H27N5O3. The molecule has 0 aliphatic carbocycles. The lowest BCUT2D eigenvalue weighted by molar-refractivity contribution is 0.0950. The molecule has 0 bridgehead atoms. The maximum atomic E-state index is 12.4. The third kappa shape index (κ3) is 5.03. The number of hydrogen-bond acceptors (Lipinski definition) is 5. The van der Waals surface area contributed by atoms with Crippen LogP contribution in [-0.4, -0.2) is 39.2 Å². The number of pyridine rings is 1. The van der Waals surface area contributed by atoms with Crippen LogP contribution in [0.5, 0.6) is 0 Å². The Morgan fingerprint density at radius 3 is 2.76 bits per heavy atom. The molecule has 0 saturated carbocycles. The van der Waals surface area contributed by atoms with E-state index < -0.39 is 11.5 Å². The minimum absolute atomic E-state index is 0.0610. The second-order valence-corrected chi connectivity index (χ2v) is 7.24. The van der Waals surface area contributed by atoms with Crippen molar-refractivity contribution in [2.24, 2.45) is 0 Å². The summed E-state index contributed by atoms with van der Waals surface area (Å²) in [6.07, 6.45) is 1.64. The second-order valence-electron chi connectivity index (χ2n) is 7.24. The summed E-state index contributed by atoms with van der Waals surface area (Å²) in [6, 6.07) is 9.15. The van der Waals surface area contributed by atoms with Crippen LogP contribution in [0, 0.1) is 13.8 Å². The van der Waals surface area contributed by atoms with E-state index in [0.29, 0.717) is 19.6 Å². The van der Waals surface area contributed by atoms with Crippen LogP contribution in [0.2, 0.25) is 0 Å². The maximum Gasteiger partial charge on any atom is 0.261 e. The normalized spacial score (nSPS) is 12.3. The summed E-state index contributed by atoms with van der Waals surface area (Å²) in [5.74, 6) is 0.463. The van der Waals surface area contributed by atoms with Crippen molar-refractivity contribution in [2.75, 3.05) is 13.6 Å². The standard InChI is InChI=1S/C21H27N5O3/c1-14-12-15(2)26(24-14)10-9-22-20(27)18-8-7-17(23-21(18)28)13-25(4)16(3)19-6-5-11-29-19/h5-8,11-12,16H,9-10,13H2,1-4H3,(H,22,27)(H,23,28). The lowest BCUT2D eigenvalue weighted by Crippen LogP contribution is -2.33. The predicted molar refractivity (Wildman–Crippen MR) is 110 cm³/mol. The van der Waals surface area contributed by atoms with Gasteiger partial charge in [0.1, 0.15) is 11.3 Å². The molecule has 0 saturated heterocycles. The number of rotatable bonds is 8. The van der Waals surface area contributed by atoms with E-state index in [1.54, 1.807) is 18.4 Å². The molecule has 1 unspecified atom stereocenters. The Hall–Kier alpha value is -3.13. The minimum atomic E-state index is -0.398. The van der Waals surface area contributed by atoms with Gasteiger partial charge in [0.05, 0.1) is 24.5 Å². The highest BCUT2D eigenvalue weighted by Crippen LogP contribution is 2.20. The Morgan fingerprint density at radius 1 is 1.34 bits per heavy atom. The average Bonchev–Trinajstić information content (AvgIpc) is 3.31. The SMILES string of the molecule is Cc1cc(C)n(CCNC(=O)c2ccc(CN(C)C(C)c3ccco3)[nH]c2=O)n1. The Kier molecular flexibility index (Phi) is 6.33. The molecule has 1 atom stereocenters. The molecule has 1 amide bonds. The molecule has 3 heterocycles. The lowest BCUT2D eigenvalue weighted by atomic mass is 10.2. The largest absolute Gasteiger partial charge is 0.468 e. The lowest BCUT2D eigenvalue weighted by Gasteiger charge is -2.22. The number of furan rings is 1. The summed E-state index contributed by atoms with van der Waals surface area (Å²) in [6.45, 7) is 7.39. The molecule has 3 aromatic rings. The van der Waals surface area contributed by atoms with Crippen LogP contribution in [0.15, 0.2) is 45.8 Å². The summed E-state index contributed by atoms with van der Waals surface area (Å²) in [7, 11) is 1.95. The van der Waals surface area contributed by atoms with E-state index in [9.17, 15) is 9.59 Å². The molecule has 3 rings (SSSR count). The molecule has 2 N–H and O–H groups in total. The van der Waals surface area contributed by atoms with Gasteiger partial charge in [0, 0.05) is 24.5 Å². The van der Waals surface area contributed by atoms with Crippen molar-refractivity contribution in [2.45, 2.75) is 39.9 Å². The smallest absolute Gasteiger partial charge is 0.261 e. The zero-order chi connectivity index (χ0) is 21.0. The fourth-order valence-corrected chi connectivity index (χ4v) is 3.21. The third-order valence-corrected chi connectivity index (χ3v) is 4.96. The molecule has 29 heavy (non-hydrogen) atoms. The van der Waals surface area contributed by atoms with E-state index in [0.717, 1.165) is 22.8 Å². The monoisotopic (exact) mass is 397 g/mol. The highest BCUT2D eigenvalue weighted by atomic mass is 16.3. The number of nitrogens with zero attached hydrogens (tertiary/aromatic N) is 3. The second kappa shape index (κ2) is 8.91. The van der Waals surface area contributed by atoms with E-state index in [1.165, 1.54) is 0 Å². The summed E-state index contributed by atoms with van der Waals surface area (Å²) in [4.78, 5) is 29.6. The van der Waals surface area contributed by atoms with Gasteiger partial charge in [-0.25, -0.2) is 0 Å². The topological polar surface area (TPSA) is 96.2 Å². The number of aromatic amines is 1. The zero-order valence-electron chi connectivity index (χ0n) is 17.2. The quantitative estimate of drug-likeness (QED) is 0.608. The van der Waals surface area contributed by atoms with Crippen LogP contribution in [-0.2, 0) is 13.1 Å². The molecule has 0 fully saturated rings. The first-order chi connectivity index (χ1) is 13.8. The number of aryl methyl sites for hydroxylation is 2. The minimum Gasteiger partial charge on any atom is -0.468 e. The van der Waals surface area contributed by atoms with Gasteiger partial charge in [0.15, 0.2) is 0 Å². The van der Waals surface area contributed by atoms with Gasteiger partial charge in [-0.05, 0) is 58.2 Å². The Bertz CT molecular complexity index is 1020. The van der Waals surface area contributed by atoms with Crippen molar-refractivity contribution in [1.82, 2.24) is 25.0 Å². The number of carbonyl (C=O) groups is 1. The van der Waals surface area contributed by atoms with Crippen molar-refractivity contribution in [3.8, 4) is 0 Å².